The Morgan fingerprint density at radius 1 is 1.26 bits per heavy atom. The number of fused-ring (bicyclic) bond motifs is 1. The molecule has 0 radical (unpaired) electrons. The lowest BCUT2D eigenvalue weighted by atomic mass is 9.91. The molecule has 104 valence electrons. The minimum Gasteiger partial charge on any atom is -0.329 e. The van der Waals surface area contributed by atoms with Crippen molar-refractivity contribution in [3.8, 4) is 0 Å². The first-order chi connectivity index (χ1) is 9.16. The molecule has 1 aliphatic heterocycles. The molecular formula is C16H24N2S. The van der Waals surface area contributed by atoms with E-state index >= 15 is 0 Å². The molecular weight excluding hydrogens is 252 g/mol. The van der Waals surface area contributed by atoms with Crippen molar-refractivity contribution in [2.75, 3.05) is 18.8 Å². The zero-order valence-electron chi connectivity index (χ0n) is 11.9. The second-order valence-electron chi connectivity index (χ2n) is 6.06. The highest BCUT2D eigenvalue weighted by atomic mass is 32.2. The summed E-state index contributed by atoms with van der Waals surface area (Å²) in [6.07, 6.45) is 2.25. The lowest BCUT2D eigenvalue weighted by molar-refractivity contribution is 0.0648. The van der Waals surface area contributed by atoms with E-state index in [9.17, 15) is 0 Å². The largest absolute Gasteiger partial charge is 0.329 e. The van der Waals surface area contributed by atoms with Crippen molar-refractivity contribution in [1.29, 1.82) is 0 Å². The maximum absolute atomic E-state index is 6.24. The van der Waals surface area contributed by atoms with Crippen LogP contribution < -0.4 is 5.73 Å². The van der Waals surface area contributed by atoms with Crippen molar-refractivity contribution in [2.24, 2.45) is 5.73 Å². The van der Waals surface area contributed by atoms with E-state index in [0.29, 0.717) is 11.3 Å². The van der Waals surface area contributed by atoms with E-state index in [-0.39, 0.29) is 5.54 Å². The number of hydrogen-bond donors (Lipinski definition) is 1. The summed E-state index contributed by atoms with van der Waals surface area (Å²) in [6.45, 7) is 6.68. The number of thioether (sulfide) groups is 1. The van der Waals surface area contributed by atoms with Gasteiger partial charge in [0.1, 0.15) is 0 Å². The van der Waals surface area contributed by atoms with Gasteiger partial charge in [-0.05, 0) is 30.9 Å². The topological polar surface area (TPSA) is 29.3 Å². The van der Waals surface area contributed by atoms with Crippen LogP contribution >= 0.6 is 11.8 Å². The monoisotopic (exact) mass is 276 g/mol. The highest BCUT2D eigenvalue weighted by Gasteiger charge is 2.44. The fourth-order valence-electron chi connectivity index (χ4n) is 3.74. The molecule has 1 heterocycles. The number of nitrogens with two attached hydrogens (primary N) is 1. The molecule has 0 spiro atoms. The van der Waals surface area contributed by atoms with Crippen LogP contribution in [0, 0.1) is 0 Å². The molecule has 19 heavy (non-hydrogen) atoms. The van der Waals surface area contributed by atoms with Gasteiger partial charge < -0.3 is 5.73 Å². The first-order valence-corrected chi connectivity index (χ1v) is 8.36. The minimum absolute atomic E-state index is 0.165. The van der Waals surface area contributed by atoms with Crippen LogP contribution in [0.1, 0.15) is 25.0 Å². The standard InChI is InChI=1S/C16H24N2S/c1-12-13(2)19-8-7-18(12)16(11-17)9-14-5-3-4-6-15(14)10-16/h3-6,12-13H,7-11,17H2,1-2H3. The third kappa shape index (κ3) is 2.22. The minimum atomic E-state index is 0.165. The Morgan fingerprint density at radius 2 is 1.89 bits per heavy atom. The van der Waals surface area contributed by atoms with Crippen molar-refractivity contribution in [3.63, 3.8) is 0 Å². The van der Waals surface area contributed by atoms with Crippen LogP contribution in [0.5, 0.6) is 0 Å². The molecule has 2 N–H and O–H groups in total. The zero-order chi connectivity index (χ0) is 13.5. The second-order valence-corrected chi connectivity index (χ2v) is 7.55. The average molecular weight is 276 g/mol. The molecule has 0 saturated carbocycles. The van der Waals surface area contributed by atoms with Crippen LogP contribution in [0.3, 0.4) is 0 Å². The molecule has 2 aliphatic rings. The summed E-state index contributed by atoms with van der Waals surface area (Å²) in [7, 11) is 0. The van der Waals surface area contributed by atoms with Gasteiger partial charge in [-0.3, -0.25) is 4.90 Å². The zero-order valence-corrected chi connectivity index (χ0v) is 12.7. The molecule has 2 nitrogen and oxygen atoms in total. The Labute approximate surface area is 120 Å². The molecule has 0 amide bonds. The summed E-state index contributed by atoms with van der Waals surface area (Å²) in [5, 5.41) is 0.709. The maximum atomic E-state index is 6.24. The van der Waals surface area contributed by atoms with E-state index in [4.69, 9.17) is 5.73 Å². The van der Waals surface area contributed by atoms with Crippen LogP contribution in [0.4, 0.5) is 0 Å². The van der Waals surface area contributed by atoms with Crippen LogP contribution in [0.2, 0.25) is 0 Å². The summed E-state index contributed by atoms with van der Waals surface area (Å²) in [4.78, 5) is 2.70. The van der Waals surface area contributed by atoms with Crippen LogP contribution in [0.15, 0.2) is 24.3 Å². The molecule has 3 rings (SSSR count). The van der Waals surface area contributed by atoms with Crippen LogP contribution in [-0.4, -0.2) is 40.6 Å². The Bertz CT molecular complexity index is 435. The molecule has 1 aliphatic carbocycles. The van der Waals surface area contributed by atoms with Gasteiger partial charge in [-0.1, -0.05) is 31.2 Å². The summed E-state index contributed by atoms with van der Waals surface area (Å²) in [5.41, 5.74) is 9.41. The van der Waals surface area contributed by atoms with Crippen LogP contribution in [0.25, 0.3) is 0 Å². The summed E-state index contributed by atoms with van der Waals surface area (Å²) in [5.74, 6) is 1.24. The Balaban J connectivity index is 1.89. The smallest absolute Gasteiger partial charge is 0.0415 e. The van der Waals surface area contributed by atoms with Gasteiger partial charge in [0.25, 0.3) is 0 Å². The quantitative estimate of drug-likeness (QED) is 0.899. The number of rotatable bonds is 2. The Morgan fingerprint density at radius 3 is 2.47 bits per heavy atom. The van der Waals surface area contributed by atoms with Crippen molar-refractivity contribution >= 4 is 11.8 Å². The van der Waals surface area contributed by atoms with E-state index < -0.39 is 0 Å². The summed E-state index contributed by atoms with van der Waals surface area (Å²) >= 11 is 2.10. The first-order valence-electron chi connectivity index (χ1n) is 7.31. The van der Waals surface area contributed by atoms with Gasteiger partial charge in [-0.25, -0.2) is 0 Å². The van der Waals surface area contributed by atoms with Crippen LogP contribution in [-0.2, 0) is 12.8 Å². The van der Waals surface area contributed by atoms with Gasteiger partial charge >= 0.3 is 0 Å². The van der Waals surface area contributed by atoms with E-state index in [0.717, 1.165) is 19.4 Å². The normalized spacial score (nSPS) is 30.3. The maximum Gasteiger partial charge on any atom is 0.0415 e. The fraction of sp³-hybridized carbons (Fsp3) is 0.625. The van der Waals surface area contributed by atoms with Crippen molar-refractivity contribution in [2.45, 2.75) is 43.5 Å². The molecule has 3 heteroatoms. The van der Waals surface area contributed by atoms with Gasteiger partial charge in [-0.15, -0.1) is 0 Å². The molecule has 1 saturated heterocycles. The molecule has 1 fully saturated rings. The number of hydrogen-bond acceptors (Lipinski definition) is 3. The Hall–Kier alpha value is -0.510. The van der Waals surface area contributed by atoms with Gasteiger partial charge in [0.2, 0.25) is 0 Å². The van der Waals surface area contributed by atoms with Crippen molar-refractivity contribution in [3.05, 3.63) is 35.4 Å². The second kappa shape index (κ2) is 5.12. The van der Waals surface area contributed by atoms with E-state index in [2.05, 4.69) is 54.8 Å². The fourth-order valence-corrected chi connectivity index (χ4v) is 4.84. The SMILES string of the molecule is CC1SCCN(C2(CN)Cc3ccccc3C2)C1C. The summed E-state index contributed by atoms with van der Waals surface area (Å²) in [6, 6.07) is 9.49. The number of benzene rings is 1. The highest BCUT2D eigenvalue weighted by Crippen LogP contribution is 2.38. The van der Waals surface area contributed by atoms with Gasteiger partial charge in [0.05, 0.1) is 0 Å². The van der Waals surface area contributed by atoms with Gasteiger partial charge in [0.15, 0.2) is 0 Å². The molecule has 0 aromatic heterocycles. The van der Waals surface area contributed by atoms with Gasteiger partial charge in [-0.2, -0.15) is 11.8 Å². The van der Waals surface area contributed by atoms with Crippen molar-refractivity contribution < 1.29 is 0 Å². The third-order valence-electron chi connectivity index (χ3n) is 5.03. The van der Waals surface area contributed by atoms with E-state index in [1.165, 1.54) is 23.4 Å². The third-order valence-corrected chi connectivity index (χ3v) is 6.37. The lowest BCUT2D eigenvalue weighted by Gasteiger charge is -2.49. The van der Waals surface area contributed by atoms with Gasteiger partial charge in [0, 0.05) is 35.7 Å². The predicted octanol–water partition coefficient (Wildman–Crippen LogP) is 2.31. The van der Waals surface area contributed by atoms with E-state index in [1.807, 2.05) is 0 Å². The summed E-state index contributed by atoms with van der Waals surface area (Å²) < 4.78 is 0. The molecule has 2 unspecified atom stereocenters. The number of nitrogens with zero attached hydrogens (tertiary/aromatic N) is 1. The first kappa shape index (κ1) is 13.5. The lowest BCUT2D eigenvalue weighted by Crippen LogP contribution is -2.62. The molecule has 2 atom stereocenters. The highest BCUT2D eigenvalue weighted by molar-refractivity contribution is 8.00. The van der Waals surface area contributed by atoms with Crippen molar-refractivity contribution in [1.82, 2.24) is 4.90 Å². The predicted molar refractivity (Wildman–Crippen MR) is 83.7 cm³/mol. The average Bonchev–Trinajstić information content (AvgIpc) is 2.81. The van der Waals surface area contributed by atoms with E-state index in [1.54, 1.807) is 0 Å². The Kier molecular flexibility index (Phi) is 3.63. The molecule has 1 aromatic carbocycles. The molecule has 0 bridgehead atoms. The molecule has 1 aromatic rings.